The standard InChI is InChI=1S/C10H9NO2S.BrH/c12-10(13)5-6-11-7-14-9-4-2-1-3-8(9)11;/h1-4,7H,5-6H2;1H/p+1. The summed E-state index contributed by atoms with van der Waals surface area (Å²) in [7, 11) is 0. The molecule has 3 nitrogen and oxygen atoms in total. The average Bonchev–Trinajstić information content (AvgIpc) is 2.58. The Morgan fingerprint density at radius 2 is 2.13 bits per heavy atom. The molecule has 0 saturated carbocycles. The van der Waals surface area contributed by atoms with E-state index in [-0.39, 0.29) is 23.4 Å². The molecule has 0 radical (unpaired) electrons. The smallest absolute Gasteiger partial charge is 0.309 e. The fourth-order valence-electron chi connectivity index (χ4n) is 1.36. The maximum Gasteiger partial charge on any atom is 0.309 e. The molecule has 1 aromatic carbocycles. The molecule has 0 aliphatic rings. The van der Waals surface area contributed by atoms with Crippen molar-refractivity contribution in [2.24, 2.45) is 0 Å². The molecular weight excluding hydrogens is 278 g/mol. The van der Waals surface area contributed by atoms with Crippen LogP contribution in [0.15, 0.2) is 29.8 Å². The molecule has 2 rings (SSSR count). The maximum atomic E-state index is 10.4. The zero-order chi connectivity index (χ0) is 9.97. The number of hydrogen-bond donors (Lipinski definition) is 1. The number of halogens is 1. The summed E-state index contributed by atoms with van der Waals surface area (Å²) >= 11 is 1.64. The predicted octanol–water partition coefficient (Wildman–Crippen LogP) is 2.24. The summed E-state index contributed by atoms with van der Waals surface area (Å²) in [4.78, 5) is 10.4. The number of benzene rings is 1. The van der Waals surface area contributed by atoms with Gasteiger partial charge in [-0.3, -0.25) is 4.79 Å². The van der Waals surface area contributed by atoms with Crippen LogP contribution in [0.25, 0.3) is 10.2 Å². The lowest BCUT2D eigenvalue weighted by atomic mass is 10.3. The predicted molar refractivity (Wildman–Crippen MR) is 64.6 cm³/mol. The number of carboxylic acid groups (broad SMARTS) is 1. The number of hydrogen-bond acceptors (Lipinski definition) is 2. The second-order valence-electron chi connectivity index (χ2n) is 3.03. The summed E-state index contributed by atoms with van der Waals surface area (Å²) < 4.78 is 3.17. The van der Waals surface area contributed by atoms with E-state index in [1.54, 1.807) is 11.3 Å². The molecule has 0 atom stereocenters. The Kier molecular flexibility index (Phi) is 4.23. The normalized spacial score (nSPS) is 9.87. The number of aromatic nitrogens is 1. The van der Waals surface area contributed by atoms with Crippen LogP contribution in [0.2, 0.25) is 0 Å². The Morgan fingerprint density at radius 1 is 1.40 bits per heavy atom. The van der Waals surface area contributed by atoms with Gasteiger partial charge < -0.3 is 5.11 Å². The van der Waals surface area contributed by atoms with E-state index in [0.29, 0.717) is 6.54 Å². The monoisotopic (exact) mass is 288 g/mol. The van der Waals surface area contributed by atoms with Crippen LogP contribution in [-0.4, -0.2) is 11.1 Å². The third-order valence-electron chi connectivity index (χ3n) is 2.05. The molecule has 2 aromatic rings. The van der Waals surface area contributed by atoms with Gasteiger partial charge in [0.2, 0.25) is 11.0 Å². The lowest BCUT2D eigenvalue weighted by molar-refractivity contribution is -0.666. The van der Waals surface area contributed by atoms with Crippen molar-refractivity contribution in [3.05, 3.63) is 29.8 Å². The first kappa shape index (κ1) is 12.1. The third-order valence-corrected chi connectivity index (χ3v) is 3.01. The number of carboxylic acids is 1. The number of aliphatic carboxylic acids is 1. The van der Waals surface area contributed by atoms with E-state index in [1.165, 1.54) is 4.70 Å². The van der Waals surface area contributed by atoms with Crippen LogP contribution in [-0.2, 0) is 11.3 Å². The van der Waals surface area contributed by atoms with Crippen LogP contribution in [0.5, 0.6) is 0 Å². The van der Waals surface area contributed by atoms with E-state index in [9.17, 15) is 4.79 Å². The van der Waals surface area contributed by atoms with E-state index in [4.69, 9.17) is 5.11 Å². The molecule has 1 heterocycles. The van der Waals surface area contributed by atoms with Gasteiger partial charge in [-0.15, -0.1) is 17.0 Å². The Morgan fingerprint density at radius 3 is 2.87 bits per heavy atom. The minimum Gasteiger partial charge on any atom is -0.481 e. The Balaban J connectivity index is 0.00000112. The van der Waals surface area contributed by atoms with Crippen LogP contribution < -0.4 is 4.57 Å². The minimum atomic E-state index is -0.757. The molecule has 5 heteroatoms. The van der Waals surface area contributed by atoms with E-state index < -0.39 is 5.97 Å². The molecule has 0 fully saturated rings. The number of thiazole rings is 1. The van der Waals surface area contributed by atoms with Crippen LogP contribution in [0, 0.1) is 0 Å². The molecule has 0 bridgehead atoms. The van der Waals surface area contributed by atoms with E-state index >= 15 is 0 Å². The molecular formula is C10H11BrNO2S+. The summed E-state index contributed by atoms with van der Waals surface area (Å²) in [6.07, 6.45) is 0.172. The molecule has 0 saturated heterocycles. The van der Waals surface area contributed by atoms with Gasteiger partial charge in [-0.2, -0.15) is 4.57 Å². The van der Waals surface area contributed by atoms with Gasteiger partial charge in [-0.05, 0) is 6.07 Å². The largest absolute Gasteiger partial charge is 0.481 e. The summed E-state index contributed by atoms with van der Waals surface area (Å²) in [5.74, 6) is -0.757. The zero-order valence-electron chi connectivity index (χ0n) is 7.92. The lowest BCUT2D eigenvalue weighted by Gasteiger charge is -1.90. The molecule has 1 N–H and O–H groups in total. The average molecular weight is 289 g/mol. The number of para-hydroxylation sites is 1. The molecule has 0 amide bonds. The minimum absolute atomic E-state index is 0. The van der Waals surface area contributed by atoms with Gasteiger partial charge in [0.1, 0.15) is 11.1 Å². The summed E-state index contributed by atoms with van der Waals surface area (Å²) in [6.45, 7) is 0.541. The Bertz CT molecular complexity index is 469. The highest BCUT2D eigenvalue weighted by molar-refractivity contribution is 8.93. The summed E-state index contributed by atoms with van der Waals surface area (Å²) in [5.41, 5.74) is 3.08. The molecule has 0 unspecified atom stereocenters. The first-order valence-electron chi connectivity index (χ1n) is 4.35. The van der Waals surface area contributed by atoms with Gasteiger partial charge in [0.15, 0.2) is 6.54 Å². The molecule has 15 heavy (non-hydrogen) atoms. The van der Waals surface area contributed by atoms with Gasteiger partial charge in [0.25, 0.3) is 0 Å². The SMILES string of the molecule is Br.O=C(O)CC[n+]1csc2ccccc21. The van der Waals surface area contributed by atoms with Crippen molar-refractivity contribution in [1.82, 2.24) is 0 Å². The van der Waals surface area contributed by atoms with Crippen molar-refractivity contribution in [2.75, 3.05) is 0 Å². The number of fused-ring (bicyclic) bond motifs is 1. The maximum absolute atomic E-state index is 10.4. The van der Waals surface area contributed by atoms with Crippen molar-refractivity contribution < 1.29 is 14.5 Å². The Hall–Kier alpha value is -0.940. The lowest BCUT2D eigenvalue weighted by Crippen LogP contribution is -2.32. The van der Waals surface area contributed by atoms with Crippen molar-refractivity contribution >= 4 is 44.5 Å². The first-order valence-corrected chi connectivity index (χ1v) is 5.23. The number of nitrogens with zero attached hydrogens (tertiary/aromatic N) is 1. The Labute approximate surface area is 102 Å². The van der Waals surface area contributed by atoms with Crippen LogP contribution >= 0.6 is 28.3 Å². The summed E-state index contributed by atoms with van der Waals surface area (Å²) in [5, 5.41) is 8.57. The van der Waals surface area contributed by atoms with E-state index in [2.05, 4.69) is 0 Å². The molecule has 80 valence electrons. The molecule has 0 spiro atoms. The highest BCUT2D eigenvalue weighted by Gasteiger charge is 2.11. The molecule has 1 aromatic heterocycles. The van der Waals surface area contributed by atoms with Crippen LogP contribution in [0.3, 0.4) is 0 Å². The van der Waals surface area contributed by atoms with Gasteiger partial charge >= 0.3 is 5.97 Å². The second-order valence-corrected chi connectivity index (χ2v) is 3.91. The van der Waals surface area contributed by atoms with Gasteiger partial charge in [-0.25, -0.2) is 0 Å². The highest BCUT2D eigenvalue weighted by Crippen LogP contribution is 2.14. The fraction of sp³-hybridized carbons (Fsp3) is 0.200. The third kappa shape index (κ3) is 2.76. The first-order chi connectivity index (χ1) is 6.77. The van der Waals surface area contributed by atoms with Crippen molar-refractivity contribution in [3.63, 3.8) is 0 Å². The quantitative estimate of drug-likeness (QED) is 0.880. The number of aryl methyl sites for hydroxylation is 1. The highest BCUT2D eigenvalue weighted by atomic mass is 79.9. The molecule has 0 aliphatic carbocycles. The topological polar surface area (TPSA) is 41.2 Å². The van der Waals surface area contributed by atoms with Crippen molar-refractivity contribution in [2.45, 2.75) is 13.0 Å². The molecule has 0 aliphatic heterocycles. The fourth-order valence-corrected chi connectivity index (χ4v) is 2.28. The number of rotatable bonds is 3. The van der Waals surface area contributed by atoms with Gasteiger partial charge in [-0.1, -0.05) is 23.5 Å². The zero-order valence-corrected chi connectivity index (χ0v) is 10.4. The summed E-state index contributed by atoms with van der Waals surface area (Å²) in [6, 6.07) is 8.00. The second kappa shape index (κ2) is 5.23. The van der Waals surface area contributed by atoms with Gasteiger partial charge in [0.05, 0.1) is 0 Å². The van der Waals surface area contributed by atoms with Crippen molar-refractivity contribution in [3.8, 4) is 0 Å². The number of carbonyl (C=O) groups is 1. The van der Waals surface area contributed by atoms with Crippen LogP contribution in [0.4, 0.5) is 0 Å². The van der Waals surface area contributed by atoms with E-state index in [1.807, 2.05) is 34.3 Å². The van der Waals surface area contributed by atoms with Gasteiger partial charge in [0, 0.05) is 6.07 Å². The van der Waals surface area contributed by atoms with Crippen molar-refractivity contribution in [1.29, 1.82) is 0 Å². The van der Waals surface area contributed by atoms with E-state index in [0.717, 1.165) is 5.52 Å². The van der Waals surface area contributed by atoms with Crippen LogP contribution in [0.1, 0.15) is 6.42 Å².